The molecule has 0 radical (unpaired) electrons. The Labute approximate surface area is 125 Å². The predicted molar refractivity (Wildman–Crippen MR) is 80.2 cm³/mol. The van der Waals surface area contributed by atoms with Crippen LogP contribution in [0.1, 0.15) is 23.2 Å². The third-order valence-corrected chi connectivity index (χ3v) is 4.32. The van der Waals surface area contributed by atoms with Crippen LogP contribution in [0.25, 0.3) is 0 Å². The van der Waals surface area contributed by atoms with Crippen LogP contribution >= 0.6 is 12.4 Å². The number of sulfone groups is 1. The molecule has 7 heteroatoms. The average molecular weight is 319 g/mol. The van der Waals surface area contributed by atoms with Gasteiger partial charge in [-0.25, -0.2) is 8.42 Å². The van der Waals surface area contributed by atoms with Crippen molar-refractivity contribution in [1.29, 1.82) is 0 Å². The summed E-state index contributed by atoms with van der Waals surface area (Å²) in [5.74, 6) is -0.324. The van der Waals surface area contributed by atoms with E-state index in [9.17, 15) is 13.2 Å². The van der Waals surface area contributed by atoms with Crippen LogP contribution in [0.2, 0.25) is 0 Å². The van der Waals surface area contributed by atoms with E-state index in [-0.39, 0.29) is 34.8 Å². The molecule has 0 bridgehead atoms. The highest BCUT2D eigenvalue weighted by molar-refractivity contribution is 7.90. The number of hydrogen-bond acceptors (Lipinski definition) is 4. The minimum atomic E-state index is -3.40. The highest BCUT2D eigenvalue weighted by Crippen LogP contribution is 2.15. The van der Waals surface area contributed by atoms with Gasteiger partial charge in [0, 0.05) is 18.8 Å². The fraction of sp³-hybridized carbons (Fsp3) is 0.462. The van der Waals surface area contributed by atoms with E-state index in [4.69, 9.17) is 0 Å². The van der Waals surface area contributed by atoms with Gasteiger partial charge in [-0.05, 0) is 31.5 Å². The molecule has 0 aromatic heterocycles. The number of piperidine rings is 1. The molecule has 1 aromatic carbocycles. The Morgan fingerprint density at radius 1 is 1.35 bits per heavy atom. The summed E-state index contributed by atoms with van der Waals surface area (Å²) in [4.78, 5) is 12.3. The molecule has 1 fully saturated rings. The molecule has 0 saturated carbocycles. The number of carbonyl (C=O) groups is 1. The average Bonchev–Trinajstić information content (AvgIpc) is 2.39. The number of halogens is 1. The molecule has 1 aromatic rings. The Morgan fingerprint density at radius 3 is 2.65 bits per heavy atom. The summed E-state index contributed by atoms with van der Waals surface area (Å²) in [5.41, 5.74) is 0.218. The second kappa shape index (κ2) is 7.06. The first kappa shape index (κ1) is 16.9. The maximum Gasteiger partial charge on any atom is 0.252 e. The van der Waals surface area contributed by atoms with Gasteiger partial charge in [0.1, 0.15) is 0 Å². The Kier molecular flexibility index (Phi) is 5.98. The zero-order chi connectivity index (χ0) is 13.9. The van der Waals surface area contributed by atoms with Gasteiger partial charge in [0.05, 0.1) is 10.5 Å². The minimum absolute atomic E-state index is 0. The van der Waals surface area contributed by atoms with Crippen molar-refractivity contribution in [3.63, 3.8) is 0 Å². The molecular formula is C13H19ClN2O3S. The highest BCUT2D eigenvalue weighted by atomic mass is 35.5. The number of benzene rings is 1. The first-order valence-electron chi connectivity index (χ1n) is 6.29. The Bertz CT molecular complexity index is 569. The van der Waals surface area contributed by atoms with Crippen LogP contribution in [0.15, 0.2) is 29.2 Å². The van der Waals surface area contributed by atoms with Crippen molar-refractivity contribution in [2.45, 2.75) is 23.8 Å². The minimum Gasteiger partial charge on any atom is -0.348 e. The third kappa shape index (κ3) is 4.19. The van der Waals surface area contributed by atoms with Crippen molar-refractivity contribution >= 4 is 28.2 Å². The molecule has 1 saturated heterocycles. The quantitative estimate of drug-likeness (QED) is 0.871. The lowest BCUT2D eigenvalue weighted by molar-refractivity contribution is 0.0927. The summed E-state index contributed by atoms with van der Waals surface area (Å²) in [7, 11) is -3.40. The van der Waals surface area contributed by atoms with E-state index in [0.29, 0.717) is 0 Å². The van der Waals surface area contributed by atoms with E-state index in [2.05, 4.69) is 10.6 Å². The van der Waals surface area contributed by atoms with Gasteiger partial charge in [0.15, 0.2) is 9.84 Å². The van der Waals surface area contributed by atoms with Crippen molar-refractivity contribution in [1.82, 2.24) is 10.6 Å². The van der Waals surface area contributed by atoms with Gasteiger partial charge in [0.25, 0.3) is 5.91 Å². The largest absolute Gasteiger partial charge is 0.348 e. The lowest BCUT2D eigenvalue weighted by atomic mass is 10.1. The molecule has 0 spiro atoms. The second-order valence-electron chi connectivity index (χ2n) is 4.79. The van der Waals surface area contributed by atoms with Crippen LogP contribution in [-0.4, -0.2) is 39.7 Å². The summed E-state index contributed by atoms with van der Waals surface area (Å²) in [6, 6.07) is 6.36. The molecule has 1 heterocycles. The molecule has 1 amide bonds. The number of hydrogen-bond donors (Lipinski definition) is 2. The van der Waals surface area contributed by atoms with E-state index in [0.717, 1.165) is 32.2 Å². The topological polar surface area (TPSA) is 75.3 Å². The second-order valence-corrected chi connectivity index (χ2v) is 6.77. The van der Waals surface area contributed by atoms with Gasteiger partial charge in [-0.3, -0.25) is 4.79 Å². The van der Waals surface area contributed by atoms with E-state index in [1.165, 1.54) is 6.07 Å². The molecule has 2 N–H and O–H groups in total. The first-order chi connectivity index (χ1) is 8.98. The van der Waals surface area contributed by atoms with Gasteiger partial charge in [-0.15, -0.1) is 12.4 Å². The fourth-order valence-corrected chi connectivity index (χ4v) is 3.10. The van der Waals surface area contributed by atoms with Gasteiger partial charge in [-0.1, -0.05) is 12.1 Å². The van der Waals surface area contributed by atoms with Crippen LogP contribution in [0, 0.1) is 0 Å². The Balaban J connectivity index is 0.00000200. The summed E-state index contributed by atoms with van der Waals surface area (Å²) >= 11 is 0. The van der Waals surface area contributed by atoms with E-state index in [1.54, 1.807) is 18.2 Å². The van der Waals surface area contributed by atoms with Gasteiger partial charge >= 0.3 is 0 Å². The summed E-state index contributed by atoms with van der Waals surface area (Å²) < 4.78 is 23.3. The number of carbonyl (C=O) groups excluding carboxylic acids is 1. The smallest absolute Gasteiger partial charge is 0.252 e. The monoisotopic (exact) mass is 318 g/mol. The molecular weight excluding hydrogens is 300 g/mol. The molecule has 5 nitrogen and oxygen atoms in total. The fourth-order valence-electron chi connectivity index (χ4n) is 2.22. The third-order valence-electron chi connectivity index (χ3n) is 3.16. The summed E-state index contributed by atoms with van der Waals surface area (Å²) in [6.07, 6.45) is 3.04. The Morgan fingerprint density at radius 2 is 2.05 bits per heavy atom. The van der Waals surface area contributed by atoms with Crippen LogP contribution in [-0.2, 0) is 9.84 Å². The molecule has 1 aliphatic rings. The number of nitrogens with one attached hydrogen (secondary N) is 2. The molecule has 112 valence electrons. The van der Waals surface area contributed by atoms with Crippen molar-refractivity contribution in [3.05, 3.63) is 29.8 Å². The summed E-state index contributed by atoms with van der Waals surface area (Å²) in [6.45, 7) is 1.69. The predicted octanol–water partition coefficient (Wildman–Crippen LogP) is 0.994. The van der Waals surface area contributed by atoms with Crippen molar-refractivity contribution in [3.8, 4) is 0 Å². The lowest BCUT2D eigenvalue weighted by Crippen LogP contribution is -2.45. The Hall–Kier alpha value is -1.11. The van der Waals surface area contributed by atoms with Crippen LogP contribution < -0.4 is 10.6 Å². The normalized spacial score (nSPS) is 18.9. The molecule has 20 heavy (non-hydrogen) atoms. The van der Waals surface area contributed by atoms with Crippen molar-refractivity contribution in [2.75, 3.05) is 19.3 Å². The van der Waals surface area contributed by atoms with E-state index >= 15 is 0 Å². The number of rotatable bonds is 3. The molecule has 2 rings (SSSR count). The first-order valence-corrected chi connectivity index (χ1v) is 8.18. The number of amides is 1. The molecule has 1 atom stereocenters. The van der Waals surface area contributed by atoms with Gasteiger partial charge in [-0.2, -0.15) is 0 Å². The zero-order valence-corrected chi connectivity index (χ0v) is 12.9. The van der Waals surface area contributed by atoms with Crippen LogP contribution in [0.5, 0.6) is 0 Å². The maximum atomic E-state index is 12.2. The van der Waals surface area contributed by atoms with Gasteiger partial charge < -0.3 is 10.6 Å². The standard InChI is InChI=1S/C13H18N2O3S.ClH/c1-19(17,18)12-7-3-2-6-11(12)13(16)15-10-5-4-8-14-9-10;/h2-3,6-7,10,14H,4-5,8-9H2,1H3,(H,15,16);1H. The van der Waals surface area contributed by atoms with Crippen molar-refractivity contribution < 1.29 is 13.2 Å². The van der Waals surface area contributed by atoms with Gasteiger partial charge in [0.2, 0.25) is 0 Å². The van der Waals surface area contributed by atoms with Crippen LogP contribution in [0.4, 0.5) is 0 Å². The van der Waals surface area contributed by atoms with Crippen LogP contribution in [0.3, 0.4) is 0 Å². The highest BCUT2D eigenvalue weighted by Gasteiger charge is 2.21. The lowest BCUT2D eigenvalue weighted by Gasteiger charge is -2.24. The SMILES string of the molecule is CS(=O)(=O)c1ccccc1C(=O)NC1CCCNC1.Cl. The molecule has 1 aliphatic heterocycles. The maximum absolute atomic E-state index is 12.2. The molecule has 0 aliphatic carbocycles. The van der Waals surface area contributed by atoms with E-state index in [1.807, 2.05) is 0 Å². The summed E-state index contributed by atoms with van der Waals surface area (Å²) in [5, 5.41) is 6.09. The van der Waals surface area contributed by atoms with Crippen molar-refractivity contribution in [2.24, 2.45) is 0 Å². The molecule has 1 unspecified atom stereocenters. The zero-order valence-electron chi connectivity index (χ0n) is 11.3. The van der Waals surface area contributed by atoms with E-state index < -0.39 is 9.84 Å².